The molecular weight excluding hydrogens is 442 g/mol. The maximum absolute atomic E-state index is 14.0. The fourth-order valence-corrected chi connectivity index (χ4v) is 3.64. The van der Waals surface area contributed by atoms with E-state index >= 15 is 0 Å². The van der Waals surface area contributed by atoms with E-state index in [1.165, 1.54) is 0 Å². The SMILES string of the molecule is COc1c(F)c(F)c(C(=O)NC(=S)Nc2nc3ccc(Cl)cc3s2)c(F)c1F. The average molecular weight is 450 g/mol. The Labute approximate surface area is 169 Å². The van der Waals surface area contributed by atoms with Crippen molar-refractivity contribution in [1.29, 1.82) is 0 Å². The molecule has 1 heterocycles. The lowest BCUT2D eigenvalue weighted by atomic mass is 10.1. The first-order chi connectivity index (χ1) is 13.2. The first-order valence-electron chi connectivity index (χ1n) is 7.31. The molecule has 3 rings (SSSR count). The number of aromatic nitrogens is 1. The molecule has 0 atom stereocenters. The summed E-state index contributed by atoms with van der Waals surface area (Å²) >= 11 is 11.9. The minimum atomic E-state index is -1.91. The second-order valence-electron chi connectivity index (χ2n) is 5.20. The van der Waals surface area contributed by atoms with Crippen LogP contribution in [-0.4, -0.2) is 23.1 Å². The third-order valence-electron chi connectivity index (χ3n) is 3.45. The molecule has 146 valence electrons. The summed E-state index contributed by atoms with van der Waals surface area (Å²) in [5, 5.41) is 4.86. The average Bonchev–Trinajstić information content (AvgIpc) is 3.01. The van der Waals surface area contributed by atoms with Crippen molar-refractivity contribution in [1.82, 2.24) is 10.3 Å². The van der Waals surface area contributed by atoms with E-state index in [1.807, 2.05) is 5.32 Å². The molecule has 0 bridgehead atoms. The van der Waals surface area contributed by atoms with E-state index in [-0.39, 0.29) is 10.2 Å². The van der Waals surface area contributed by atoms with E-state index in [0.29, 0.717) is 10.5 Å². The van der Waals surface area contributed by atoms with Crippen LogP contribution in [-0.2, 0) is 0 Å². The number of methoxy groups -OCH3 is 1. The summed E-state index contributed by atoms with van der Waals surface area (Å²) in [7, 11) is 0.824. The Kier molecular flexibility index (Phi) is 5.68. The molecule has 0 radical (unpaired) electrons. The van der Waals surface area contributed by atoms with E-state index in [2.05, 4.69) is 15.0 Å². The lowest BCUT2D eigenvalue weighted by molar-refractivity contribution is 0.0966. The second kappa shape index (κ2) is 7.86. The fraction of sp³-hybridized carbons (Fsp3) is 0.0625. The number of benzene rings is 2. The molecule has 0 aliphatic carbocycles. The van der Waals surface area contributed by atoms with E-state index in [4.69, 9.17) is 23.8 Å². The zero-order valence-corrected chi connectivity index (χ0v) is 16.1. The Bertz CT molecular complexity index is 1090. The van der Waals surface area contributed by atoms with Gasteiger partial charge in [-0.1, -0.05) is 22.9 Å². The summed E-state index contributed by atoms with van der Waals surface area (Å²) in [4.78, 5) is 16.3. The number of carbonyl (C=O) groups is 1. The highest BCUT2D eigenvalue weighted by Crippen LogP contribution is 2.30. The van der Waals surface area contributed by atoms with Crippen LogP contribution in [0.15, 0.2) is 18.2 Å². The van der Waals surface area contributed by atoms with E-state index in [9.17, 15) is 22.4 Å². The predicted octanol–water partition coefficient (Wildman–Crippen LogP) is 4.64. The summed E-state index contributed by atoms with van der Waals surface area (Å²) in [6, 6.07) is 4.95. The van der Waals surface area contributed by atoms with Crippen molar-refractivity contribution < 1.29 is 27.1 Å². The third-order valence-corrected chi connectivity index (χ3v) is 4.83. The molecule has 0 unspecified atom stereocenters. The standard InChI is InChI=1S/C16H8ClF4N3O2S2/c1-26-13-11(20)9(18)8(10(19)12(13)21)14(25)23-15(27)24-16-22-6-3-2-5(17)4-7(6)28-16/h2-4H,1H3,(H2,22,23,24,25,27). The largest absolute Gasteiger partial charge is 0.491 e. The van der Waals surface area contributed by atoms with Crippen LogP contribution in [0.25, 0.3) is 10.2 Å². The van der Waals surface area contributed by atoms with Crippen LogP contribution in [0.2, 0.25) is 5.02 Å². The third kappa shape index (κ3) is 3.73. The quantitative estimate of drug-likeness (QED) is 0.346. The van der Waals surface area contributed by atoms with Crippen LogP contribution < -0.4 is 15.4 Å². The van der Waals surface area contributed by atoms with Crippen molar-refractivity contribution in [2.75, 3.05) is 12.4 Å². The van der Waals surface area contributed by atoms with Gasteiger partial charge in [-0.25, -0.2) is 13.8 Å². The second-order valence-corrected chi connectivity index (χ2v) is 7.08. The van der Waals surface area contributed by atoms with Crippen LogP contribution >= 0.6 is 35.2 Å². The maximum atomic E-state index is 14.0. The maximum Gasteiger partial charge on any atom is 0.263 e. The van der Waals surface area contributed by atoms with Gasteiger partial charge < -0.3 is 10.1 Å². The Morgan fingerprint density at radius 3 is 2.43 bits per heavy atom. The highest BCUT2D eigenvalue weighted by atomic mass is 35.5. The molecule has 0 saturated heterocycles. The van der Waals surface area contributed by atoms with Gasteiger partial charge in [0.2, 0.25) is 11.6 Å². The zero-order chi connectivity index (χ0) is 20.6. The molecule has 3 aromatic rings. The zero-order valence-electron chi connectivity index (χ0n) is 13.7. The number of halogens is 5. The van der Waals surface area contributed by atoms with Gasteiger partial charge in [0.1, 0.15) is 5.56 Å². The number of thiazole rings is 1. The molecule has 0 spiro atoms. The summed E-state index contributed by atoms with van der Waals surface area (Å²) < 4.78 is 60.4. The van der Waals surface area contributed by atoms with Crippen LogP contribution in [0.4, 0.5) is 22.7 Å². The molecule has 5 nitrogen and oxygen atoms in total. The Hall–Kier alpha value is -2.50. The van der Waals surface area contributed by atoms with Crippen molar-refractivity contribution in [2.24, 2.45) is 0 Å². The van der Waals surface area contributed by atoms with Gasteiger partial charge >= 0.3 is 0 Å². The van der Waals surface area contributed by atoms with Gasteiger partial charge in [-0.2, -0.15) is 8.78 Å². The number of rotatable bonds is 3. The lowest BCUT2D eigenvalue weighted by Crippen LogP contribution is -2.35. The number of ether oxygens (including phenoxy) is 1. The van der Waals surface area contributed by atoms with Crippen molar-refractivity contribution in [3.05, 3.63) is 52.1 Å². The van der Waals surface area contributed by atoms with Gasteiger partial charge in [-0.15, -0.1) is 0 Å². The van der Waals surface area contributed by atoms with Crippen molar-refractivity contribution in [3.8, 4) is 5.75 Å². The number of hydrogen-bond acceptors (Lipinski definition) is 5. The minimum absolute atomic E-state index is 0.260. The van der Waals surface area contributed by atoms with Crippen molar-refractivity contribution in [3.63, 3.8) is 0 Å². The van der Waals surface area contributed by atoms with E-state index < -0.39 is 40.5 Å². The molecule has 1 amide bonds. The van der Waals surface area contributed by atoms with Crippen LogP contribution in [0, 0.1) is 23.3 Å². The number of fused-ring (bicyclic) bond motifs is 1. The molecule has 2 aromatic carbocycles. The number of carbonyl (C=O) groups excluding carboxylic acids is 1. The molecular formula is C16H8ClF4N3O2S2. The fourth-order valence-electron chi connectivity index (χ4n) is 2.24. The molecule has 0 aliphatic heterocycles. The molecule has 0 fully saturated rings. The highest BCUT2D eigenvalue weighted by molar-refractivity contribution is 7.80. The van der Waals surface area contributed by atoms with E-state index in [0.717, 1.165) is 23.1 Å². The van der Waals surface area contributed by atoms with Gasteiger partial charge in [-0.3, -0.25) is 10.1 Å². The molecule has 12 heteroatoms. The van der Waals surface area contributed by atoms with Crippen LogP contribution in [0.5, 0.6) is 5.75 Å². The Morgan fingerprint density at radius 1 is 1.18 bits per heavy atom. The smallest absolute Gasteiger partial charge is 0.263 e. The number of anilines is 1. The van der Waals surface area contributed by atoms with Gasteiger partial charge in [0.25, 0.3) is 5.91 Å². The molecule has 2 N–H and O–H groups in total. The number of nitrogens with one attached hydrogen (secondary N) is 2. The normalized spacial score (nSPS) is 10.8. The molecule has 28 heavy (non-hydrogen) atoms. The monoisotopic (exact) mass is 449 g/mol. The number of thiocarbonyl (C=S) groups is 1. The van der Waals surface area contributed by atoms with Gasteiger partial charge in [0, 0.05) is 5.02 Å². The molecule has 0 saturated carbocycles. The first-order valence-corrected chi connectivity index (χ1v) is 8.91. The minimum Gasteiger partial charge on any atom is -0.491 e. The Balaban J connectivity index is 1.81. The predicted molar refractivity (Wildman–Crippen MR) is 101 cm³/mol. The van der Waals surface area contributed by atoms with Crippen molar-refractivity contribution in [2.45, 2.75) is 0 Å². The number of nitrogens with zero attached hydrogens (tertiary/aromatic N) is 1. The van der Waals surface area contributed by atoms with E-state index in [1.54, 1.807) is 18.2 Å². The van der Waals surface area contributed by atoms with Gasteiger partial charge in [0.05, 0.1) is 17.3 Å². The number of hydrogen-bond donors (Lipinski definition) is 2. The van der Waals surface area contributed by atoms with Crippen LogP contribution in [0.1, 0.15) is 10.4 Å². The van der Waals surface area contributed by atoms with Gasteiger partial charge in [0.15, 0.2) is 27.6 Å². The first kappa shape index (κ1) is 20.2. The molecule has 1 aromatic heterocycles. The van der Waals surface area contributed by atoms with Crippen molar-refractivity contribution >= 4 is 61.5 Å². The summed E-state index contributed by atoms with van der Waals surface area (Å²) in [6.45, 7) is 0. The Morgan fingerprint density at radius 2 is 1.82 bits per heavy atom. The highest BCUT2D eigenvalue weighted by Gasteiger charge is 2.30. The summed E-state index contributed by atoms with van der Waals surface area (Å²) in [5.41, 5.74) is -0.876. The topological polar surface area (TPSA) is 63.2 Å². The molecule has 0 aliphatic rings. The van der Waals surface area contributed by atoms with Gasteiger partial charge in [-0.05, 0) is 30.4 Å². The van der Waals surface area contributed by atoms with Crippen LogP contribution in [0.3, 0.4) is 0 Å². The lowest BCUT2D eigenvalue weighted by Gasteiger charge is -2.11. The number of amides is 1. The summed E-state index contributed by atoms with van der Waals surface area (Å²) in [6.07, 6.45) is 0. The summed E-state index contributed by atoms with van der Waals surface area (Å²) in [5.74, 6) is -10.3.